The molecule has 0 bridgehead atoms. The summed E-state index contributed by atoms with van der Waals surface area (Å²) in [6.07, 6.45) is 2.29. The van der Waals surface area contributed by atoms with E-state index in [1.807, 2.05) is 4.90 Å². The number of rotatable bonds is 1. The number of amides is 1. The van der Waals surface area contributed by atoms with Crippen molar-refractivity contribution in [2.45, 2.75) is 19.8 Å². The highest BCUT2D eigenvalue weighted by Crippen LogP contribution is 2.18. The minimum Gasteiger partial charge on any atom is -0.338 e. The molecule has 3 heteroatoms. The van der Waals surface area contributed by atoms with E-state index in [4.69, 9.17) is 5.26 Å². The average Bonchev–Trinajstić information content (AvgIpc) is 2.38. The van der Waals surface area contributed by atoms with E-state index in [0.29, 0.717) is 17.0 Å². The molecule has 3 nitrogen and oxygen atoms in total. The van der Waals surface area contributed by atoms with E-state index < -0.39 is 0 Å². The first-order valence-electron chi connectivity index (χ1n) is 6.00. The Kier molecular flexibility index (Phi) is 3.43. The van der Waals surface area contributed by atoms with E-state index in [1.165, 1.54) is 6.42 Å². The molecule has 1 amide bonds. The van der Waals surface area contributed by atoms with E-state index in [1.54, 1.807) is 24.3 Å². The van der Waals surface area contributed by atoms with Gasteiger partial charge in [0.05, 0.1) is 11.6 Å². The number of nitriles is 1. The van der Waals surface area contributed by atoms with Gasteiger partial charge in [-0.3, -0.25) is 4.79 Å². The zero-order valence-corrected chi connectivity index (χ0v) is 10.0. The normalized spacial score (nSPS) is 19.8. The molecule has 1 unspecified atom stereocenters. The molecule has 0 saturated carbocycles. The van der Waals surface area contributed by atoms with Gasteiger partial charge in [0, 0.05) is 18.7 Å². The first kappa shape index (κ1) is 11.7. The summed E-state index contributed by atoms with van der Waals surface area (Å²) < 4.78 is 0. The van der Waals surface area contributed by atoms with Crippen molar-refractivity contribution in [1.29, 1.82) is 5.26 Å². The van der Waals surface area contributed by atoms with Gasteiger partial charge in [-0.05, 0) is 43.0 Å². The molecule has 1 aromatic rings. The van der Waals surface area contributed by atoms with E-state index in [-0.39, 0.29) is 5.91 Å². The van der Waals surface area contributed by atoms with Crippen LogP contribution in [0.3, 0.4) is 0 Å². The quantitative estimate of drug-likeness (QED) is 0.741. The lowest BCUT2D eigenvalue weighted by molar-refractivity contribution is 0.0683. The van der Waals surface area contributed by atoms with Gasteiger partial charge in [-0.25, -0.2) is 0 Å². The highest BCUT2D eigenvalue weighted by molar-refractivity contribution is 5.94. The lowest BCUT2D eigenvalue weighted by atomic mass is 9.99. The number of piperidine rings is 1. The molecule has 1 heterocycles. The number of carbonyl (C=O) groups is 1. The topological polar surface area (TPSA) is 44.1 Å². The highest BCUT2D eigenvalue weighted by Gasteiger charge is 2.21. The summed E-state index contributed by atoms with van der Waals surface area (Å²) in [6.45, 7) is 3.88. The Morgan fingerprint density at radius 3 is 2.71 bits per heavy atom. The Hall–Kier alpha value is -1.82. The number of likely N-dealkylation sites (tertiary alicyclic amines) is 1. The molecule has 0 radical (unpaired) electrons. The summed E-state index contributed by atoms with van der Waals surface area (Å²) in [5, 5.41) is 8.71. The summed E-state index contributed by atoms with van der Waals surface area (Å²) in [4.78, 5) is 14.1. The van der Waals surface area contributed by atoms with E-state index in [0.717, 1.165) is 19.5 Å². The number of hydrogen-bond donors (Lipinski definition) is 0. The molecular formula is C14H16N2O. The first-order chi connectivity index (χ1) is 8.20. The van der Waals surface area contributed by atoms with Crippen LogP contribution in [-0.2, 0) is 0 Å². The summed E-state index contributed by atoms with van der Waals surface area (Å²) in [7, 11) is 0. The lowest BCUT2D eigenvalue weighted by Gasteiger charge is -2.31. The molecule has 0 spiro atoms. The van der Waals surface area contributed by atoms with Crippen molar-refractivity contribution in [3.8, 4) is 6.07 Å². The second kappa shape index (κ2) is 5.01. The fourth-order valence-electron chi connectivity index (χ4n) is 2.24. The van der Waals surface area contributed by atoms with Gasteiger partial charge in [-0.15, -0.1) is 0 Å². The smallest absolute Gasteiger partial charge is 0.253 e. The largest absolute Gasteiger partial charge is 0.338 e. The standard InChI is InChI=1S/C14H16N2O/c1-11-3-2-8-16(10-11)14(17)13-6-4-12(9-15)5-7-13/h4-7,11H,2-3,8,10H2,1H3. The molecule has 1 aliphatic heterocycles. The molecule has 0 N–H and O–H groups in total. The van der Waals surface area contributed by atoms with Gasteiger partial charge < -0.3 is 4.90 Å². The Morgan fingerprint density at radius 2 is 2.12 bits per heavy atom. The van der Waals surface area contributed by atoms with Crippen LogP contribution in [0.15, 0.2) is 24.3 Å². The average molecular weight is 228 g/mol. The number of nitrogens with zero attached hydrogens (tertiary/aromatic N) is 2. The van der Waals surface area contributed by atoms with E-state index in [9.17, 15) is 4.79 Å². The molecule has 0 aliphatic carbocycles. The molecular weight excluding hydrogens is 212 g/mol. The Bertz CT molecular complexity index is 444. The number of carbonyl (C=O) groups excluding carboxylic acids is 1. The zero-order valence-electron chi connectivity index (χ0n) is 10.0. The van der Waals surface area contributed by atoms with Gasteiger partial charge in [0.25, 0.3) is 5.91 Å². The monoisotopic (exact) mass is 228 g/mol. The summed E-state index contributed by atoms with van der Waals surface area (Å²) in [6, 6.07) is 8.92. The molecule has 2 rings (SSSR count). The fourth-order valence-corrected chi connectivity index (χ4v) is 2.24. The third kappa shape index (κ3) is 2.65. The molecule has 17 heavy (non-hydrogen) atoms. The van der Waals surface area contributed by atoms with Crippen molar-refractivity contribution in [3.63, 3.8) is 0 Å². The van der Waals surface area contributed by atoms with Crippen LogP contribution in [0.25, 0.3) is 0 Å². The summed E-state index contributed by atoms with van der Waals surface area (Å²) in [5.41, 5.74) is 1.27. The van der Waals surface area contributed by atoms with Crippen molar-refractivity contribution in [2.24, 2.45) is 5.92 Å². The second-order valence-corrected chi connectivity index (χ2v) is 4.69. The third-order valence-corrected chi connectivity index (χ3v) is 3.21. The van der Waals surface area contributed by atoms with E-state index >= 15 is 0 Å². The number of benzene rings is 1. The molecule has 1 saturated heterocycles. The lowest BCUT2D eigenvalue weighted by Crippen LogP contribution is -2.39. The predicted molar refractivity (Wildman–Crippen MR) is 65.5 cm³/mol. The van der Waals surface area contributed by atoms with Gasteiger partial charge in [0.2, 0.25) is 0 Å². The van der Waals surface area contributed by atoms with Crippen molar-refractivity contribution < 1.29 is 4.79 Å². The van der Waals surface area contributed by atoms with Crippen molar-refractivity contribution >= 4 is 5.91 Å². The second-order valence-electron chi connectivity index (χ2n) is 4.69. The SMILES string of the molecule is CC1CCCN(C(=O)c2ccc(C#N)cc2)C1. The van der Waals surface area contributed by atoms with Crippen molar-refractivity contribution in [1.82, 2.24) is 4.90 Å². The van der Waals surface area contributed by atoms with Crippen LogP contribution in [0.1, 0.15) is 35.7 Å². The van der Waals surface area contributed by atoms with E-state index in [2.05, 4.69) is 13.0 Å². The minimum absolute atomic E-state index is 0.0843. The third-order valence-electron chi connectivity index (χ3n) is 3.21. The molecule has 1 aliphatic rings. The maximum absolute atomic E-state index is 12.2. The first-order valence-corrected chi connectivity index (χ1v) is 6.00. The van der Waals surface area contributed by atoms with Crippen LogP contribution in [0.2, 0.25) is 0 Å². The summed E-state index contributed by atoms with van der Waals surface area (Å²) in [5.74, 6) is 0.673. The van der Waals surface area contributed by atoms with Gasteiger partial charge in [0.1, 0.15) is 0 Å². The van der Waals surface area contributed by atoms with Gasteiger partial charge in [0.15, 0.2) is 0 Å². The van der Waals surface area contributed by atoms with Crippen LogP contribution in [-0.4, -0.2) is 23.9 Å². The molecule has 0 aromatic heterocycles. The molecule has 1 fully saturated rings. The van der Waals surface area contributed by atoms with Crippen LogP contribution in [0, 0.1) is 17.2 Å². The Morgan fingerprint density at radius 1 is 1.41 bits per heavy atom. The molecule has 1 atom stereocenters. The van der Waals surface area contributed by atoms with Crippen LogP contribution in [0.4, 0.5) is 0 Å². The van der Waals surface area contributed by atoms with Crippen LogP contribution < -0.4 is 0 Å². The zero-order chi connectivity index (χ0) is 12.3. The Labute approximate surface area is 102 Å². The summed E-state index contributed by atoms with van der Waals surface area (Å²) >= 11 is 0. The molecule has 1 aromatic carbocycles. The predicted octanol–water partition coefficient (Wildman–Crippen LogP) is 2.43. The Balaban J connectivity index is 2.11. The highest BCUT2D eigenvalue weighted by atomic mass is 16.2. The van der Waals surface area contributed by atoms with Gasteiger partial charge in [-0.1, -0.05) is 6.92 Å². The maximum Gasteiger partial charge on any atom is 0.253 e. The maximum atomic E-state index is 12.2. The fraction of sp³-hybridized carbons (Fsp3) is 0.429. The van der Waals surface area contributed by atoms with Crippen molar-refractivity contribution in [2.75, 3.05) is 13.1 Å². The van der Waals surface area contributed by atoms with Gasteiger partial charge in [-0.2, -0.15) is 5.26 Å². The van der Waals surface area contributed by atoms with Gasteiger partial charge >= 0.3 is 0 Å². The van der Waals surface area contributed by atoms with Crippen LogP contribution in [0.5, 0.6) is 0 Å². The molecule has 88 valence electrons. The van der Waals surface area contributed by atoms with Crippen molar-refractivity contribution in [3.05, 3.63) is 35.4 Å². The minimum atomic E-state index is 0.0843. The number of hydrogen-bond acceptors (Lipinski definition) is 2. The van der Waals surface area contributed by atoms with Crippen LogP contribution >= 0.6 is 0 Å².